The summed E-state index contributed by atoms with van der Waals surface area (Å²) in [4.78, 5) is 20.1. The first kappa shape index (κ1) is 16.7. The number of nitrogens with zero attached hydrogens (tertiary/aromatic N) is 1. The maximum atomic E-state index is 12.2. The van der Waals surface area contributed by atoms with Gasteiger partial charge in [-0.15, -0.1) is 0 Å². The molecular weight excluding hydrogens is 324 g/mol. The van der Waals surface area contributed by atoms with Crippen molar-refractivity contribution in [3.05, 3.63) is 52.5 Å². The second-order valence-corrected chi connectivity index (χ2v) is 6.18. The van der Waals surface area contributed by atoms with Crippen molar-refractivity contribution in [1.29, 1.82) is 0 Å². The number of nitrogens with one attached hydrogen (secondary N) is 1. The number of methoxy groups -OCH3 is 1. The van der Waals surface area contributed by atoms with E-state index in [2.05, 4.69) is 9.97 Å². The number of hydrogen-bond donors (Lipinski definition) is 1. The van der Waals surface area contributed by atoms with E-state index in [0.29, 0.717) is 23.6 Å². The van der Waals surface area contributed by atoms with Gasteiger partial charge in [-0.3, -0.25) is 4.79 Å². The molecule has 0 aliphatic heterocycles. The topological polar surface area (TPSA) is 55.0 Å². The van der Waals surface area contributed by atoms with Crippen LogP contribution in [0.2, 0.25) is 5.02 Å². The first-order valence-electron chi connectivity index (χ1n) is 7.87. The van der Waals surface area contributed by atoms with E-state index in [1.807, 2.05) is 43.3 Å². The summed E-state index contributed by atoms with van der Waals surface area (Å²) in [6.45, 7) is 2.59. The highest BCUT2D eigenvalue weighted by Crippen LogP contribution is 2.30. The molecule has 0 aliphatic carbocycles. The summed E-state index contributed by atoms with van der Waals surface area (Å²) in [6, 6.07) is 11.3. The third-order valence-electron chi connectivity index (χ3n) is 4.01. The van der Waals surface area contributed by atoms with Gasteiger partial charge < -0.3 is 9.72 Å². The largest absolute Gasteiger partial charge is 0.385 e. The van der Waals surface area contributed by atoms with Gasteiger partial charge >= 0.3 is 0 Å². The average Bonchev–Trinajstić information content (AvgIpc) is 2.97. The fourth-order valence-corrected chi connectivity index (χ4v) is 3.07. The Morgan fingerprint density at radius 2 is 2.12 bits per heavy atom. The Bertz CT molecular complexity index is 866. The minimum Gasteiger partial charge on any atom is -0.385 e. The van der Waals surface area contributed by atoms with Crippen molar-refractivity contribution in [2.45, 2.75) is 19.8 Å². The van der Waals surface area contributed by atoms with Crippen LogP contribution in [0.4, 0.5) is 0 Å². The molecule has 4 nitrogen and oxygen atoms in total. The summed E-state index contributed by atoms with van der Waals surface area (Å²) in [5.41, 5.74) is 4.28. The second kappa shape index (κ2) is 7.16. The Morgan fingerprint density at radius 1 is 1.29 bits per heavy atom. The number of imidazole rings is 1. The number of aromatic nitrogens is 2. The number of halogens is 1. The SMILES string of the molecule is COCCCC(=O)c1ccc2nc(-c3c(C)cccc3Cl)[nH]c2c1. The van der Waals surface area contributed by atoms with Crippen molar-refractivity contribution in [2.24, 2.45) is 0 Å². The van der Waals surface area contributed by atoms with E-state index < -0.39 is 0 Å². The van der Waals surface area contributed by atoms with E-state index >= 15 is 0 Å². The zero-order valence-corrected chi connectivity index (χ0v) is 14.5. The number of Topliss-reactive ketones (excluding diaryl/α,β-unsaturated/α-hetero) is 1. The van der Waals surface area contributed by atoms with E-state index in [0.717, 1.165) is 34.4 Å². The number of hydrogen-bond acceptors (Lipinski definition) is 3. The smallest absolute Gasteiger partial charge is 0.163 e. The van der Waals surface area contributed by atoms with Crippen LogP contribution < -0.4 is 0 Å². The highest BCUT2D eigenvalue weighted by atomic mass is 35.5. The molecule has 1 heterocycles. The normalized spacial score (nSPS) is 11.1. The van der Waals surface area contributed by atoms with Crippen LogP contribution in [0.5, 0.6) is 0 Å². The highest BCUT2D eigenvalue weighted by Gasteiger charge is 2.13. The Morgan fingerprint density at radius 3 is 2.88 bits per heavy atom. The van der Waals surface area contributed by atoms with Crippen LogP contribution in [0.3, 0.4) is 0 Å². The van der Waals surface area contributed by atoms with Gasteiger partial charge in [0.15, 0.2) is 5.78 Å². The minimum absolute atomic E-state index is 0.110. The maximum absolute atomic E-state index is 12.2. The third-order valence-corrected chi connectivity index (χ3v) is 4.33. The standard InChI is InChI=1S/C19H19ClN2O2/c1-12-5-3-6-14(20)18(12)19-21-15-9-8-13(11-16(15)22-19)17(23)7-4-10-24-2/h3,5-6,8-9,11H,4,7,10H2,1-2H3,(H,21,22). The molecule has 0 saturated heterocycles. The molecule has 1 N–H and O–H groups in total. The molecule has 5 heteroatoms. The summed E-state index contributed by atoms with van der Waals surface area (Å²) < 4.78 is 4.99. The maximum Gasteiger partial charge on any atom is 0.163 e. The number of rotatable bonds is 6. The van der Waals surface area contributed by atoms with E-state index in [1.54, 1.807) is 7.11 Å². The molecule has 24 heavy (non-hydrogen) atoms. The van der Waals surface area contributed by atoms with Crippen LogP contribution in [0.25, 0.3) is 22.4 Å². The average molecular weight is 343 g/mol. The fourth-order valence-electron chi connectivity index (χ4n) is 2.75. The Hall–Kier alpha value is -2.17. The van der Waals surface area contributed by atoms with Crippen LogP contribution >= 0.6 is 11.6 Å². The van der Waals surface area contributed by atoms with Gasteiger partial charge in [0.05, 0.1) is 16.1 Å². The van der Waals surface area contributed by atoms with Gasteiger partial charge in [0.1, 0.15) is 5.82 Å². The molecule has 0 fully saturated rings. The van der Waals surface area contributed by atoms with Crippen LogP contribution in [0, 0.1) is 6.92 Å². The molecule has 0 unspecified atom stereocenters. The van der Waals surface area contributed by atoms with E-state index in [9.17, 15) is 4.79 Å². The lowest BCUT2D eigenvalue weighted by molar-refractivity contribution is 0.0963. The first-order chi connectivity index (χ1) is 11.6. The predicted octanol–water partition coefficient (Wildman–Crippen LogP) is 4.80. The lowest BCUT2D eigenvalue weighted by Gasteiger charge is -2.04. The summed E-state index contributed by atoms with van der Waals surface area (Å²) >= 11 is 6.32. The molecule has 1 aromatic heterocycles. The summed E-state index contributed by atoms with van der Waals surface area (Å²) in [5.74, 6) is 0.830. The molecule has 3 rings (SSSR count). The number of fused-ring (bicyclic) bond motifs is 1. The van der Waals surface area contributed by atoms with Crippen molar-refractivity contribution < 1.29 is 9.53 Å². The monoisotopic (exact) mass is 342 g/mol. The lowest BCUT2D eigenvalue weighted by atomic mass is 10.1. The highest BCUT2D eigenvalue weighted by molar-refractivity contribution is 6.33. The van der Waals surface area contributed by atoms with E-state index in [1.165, 1.54) is 0 Å². The minimum atomic E-state index is 0.110. The Kier molecular flexibility index (Phi) is 4.97. The summed E-state index contributed by atoms with van der Waals surface area (Å²) in [5, 5.41) is 0.657. The Labute approximate surface area is 145 Å². The van der Waals surface area contributed by atoms with Crippen LogP contribution in [-0.4, -0.2) is 29.5 Å². The van der Waals surface area contributed by atoms with Gasteiger partial charge in [-0.2, -0.15) is 0 Å². The molecule has 124 valence electrons. The van der Waals surface area contributed by atoms with E-state index in [4.69, 9.17) is 16.3 Å². The molecule has 0 aliphatic rings. The molecule has 0 saturated carbocycles. The number of ether oxygens (including phenoxy) is 1. The number of carbonyl (C=O) groups excluding carboxylic acids is 1. The van der Waals surface area contributed by atoms with Crippen LogP contribution in [0.1, 0.15) is 28.8 Å². The van der Waals surface area contributed by atoms with Crippen molar-refractivity contribution in [1.82, 2.24) is 9.97 Å². The second-order valence-electron chi connectivity index (χ2n) is 5.77. The molecule has 2 aromatic carbocycles. The molecule has 0 atom stereocenters. The van der Waals surface area contributed by atoms with Crippen molar-refractivity contribution in [3.8, 4) is 11.4 Å². The number of benzene rings is 2. The number of ketones is 1. The molecule has 0 spiro atoms. The number of H-pyrrole nitrogens is 1. The van der Waals surface area contributed by atoms with Gasteiger partial charge in [-0.1, -0.05) is 23.7 Å². The first-order valence-corrected chi connectivity index (χ1v) is 8.25. The molecular formula is C19H19ClN2O2. The zero-order valence-electron chi connectivity index (χ0n) is 13.7. The van der Waals surface area contributed by atoms with Gasteiger partial charge in [0, 0.05) is 31.3 Å². The predicted molar refractivity (Wildman–Crippen MR) is 96.7 cm³/mol. The molecule has 0 amide bonds. The molecule has 0 bridgehead atoms. The van der Waals surface area contributed by atoms with Crippen molar-refractivity contribution >= 4 is 28.4 Å². The number of aryl methyl sites for hydroxylation is 1. The van der Waals surface area contributed by atoms with Crippen LogP contribution in [-0.2, 0) is 4.74 Å². The lowest BCUT2D eigenvalue weighted by Crippen LogP contribution is -2.01. The van der Waals surface area contributed by atoms with Gasteiger partial charge in [-0.25, -0.2) is 4.98 Å². The van der Waals surface area contributed by atoms with Gasteiger partial charge in [0.2, 0.25) is 0 Å². The molecule has 0 radical (unpaired) electrons. The Balaban J connectivity index is 1.93. The quantitative estimate of drug-likeness (QED) is 0.517. The number of aromatic amines is 1. The number of carbonyl (C=O) groups is 1. The van der Waals surface area contributed by atoms with Crippen molar-refractivity contribution in [2.75, 3.05) is 13.7 Å². The van der Waals surface area contributed by atoms with Crippen LogP contribution in [0.15, 0.2) is 36.4 Å². The van der Waals surface area contributed by atoms with Crippen molar-refractivity contribution in [3.63, 3.8) is 0 Å². The molecule has 3 aromatic rings. The van der Waals surface area contributed by atoms with E-state index in [-0.39, 0.29) is 5.78 Å². The van der Waals surface area contributed by atoms with Gasteiger partial charge in [-0.05, 0) is 43.2 Å². The fraction of sp³-hybridized carbons (Fsp3) is 0.263. The zero-order chi connectivity index (χ0) is 17.1. The third kappa shape index (κ3) is 3.35. The van der Waals surface area contributed by atoms with Gasteiger partial charge in [0.25, 0.3) is 0 Å². The summed E-state index contributed by atoms with van der Waals surface area (Å²) in [6.07, 6.45) is 1.20. The summed E-state index contributed by atoms with van der Waals surface area (Å²) in [7, 11) is 1.64.